The van der Waals surface area contributed by atoms with E-state index in [4.69, 9.17) is 16.3 Å². The maximum Gasteiger partial charge on any atom is 0.0605 e. The fourth-order valence-corrected chi connectivity index (χ4v) is 2.56. The van der Waals surface area contributed by atoms with Crippen molar-refractivity contribution >= 4 is 11.6 Å². The number of rotatable bonds is 5. The first-order valence-electron chi connectivity index (χ1n) is 6.74. The zero-order valence-electron chi connectivity index (χ0n) is 11.1. The van der Waals surface area contributed by atoms with E-state index in [1.54, 1.807) is 0 Å². The summed E-state index contributed by atoms with van der Waals surface area (Å²) in [5.41, 5.74) is 2.83. The van der Waals surface area contributed by atoms with Crippen molar-refractivity contribution in [1.82, 2.24) is 4.90 Å². The molecule has 0 atom stereocenters. The molecule has 100 valence electrons. The van der Waals surface area contributed by atoms with Crippen molar-refractivity contribution in [3.05, 3.63) is 35.4 Å². The number of aryl methyl sites for hydroxylation is 1. The topological polar surface area (TPSA) is 12.5 Å². The third-order valence-corrected chi connectivity index (χ3v) is 3.77. The fraction of sp³-hybridized carbons (Fsp3) is 0.600. The second-order valence-corrected chi connectivity index (χ2v) is 5.34. The van der Waals surface area contributed by atoms with Crippen LogP contribution in [0.5, 0.6) is 0 Å². The van der Waals surface area contributed by atoms with Gasteiger partial charge in [0.15, 0.2) is 0 Å². The molecule has 0 bridgehead atoms. The minimum Gasteiger partial charge on any atom is -0.377 e. The largest absolute Gasteiger partial charge is 0.377 e. The van der Waals surface area contributed by atoms with E-state index in [0.717, 1.165) is 32.5 Å². The molecule has 1 aliphatic rings. The van der Waals surface area contributed by atoms with E-state index in [9.17, 15) is 0 Å². The summed E-state index contributed by atoms with van der Waals surface area (Å²) in [5, 5.41) is 0. The van der Waals surface area contributed by atoms with E-state index in [0.29, 0.717) is 18.6 Å². The van der Waals surface area contributed by atoms with Crippen LogP contribution in [0.15, 0.2) is 24.3 Å². The van der Waals surface area contributed by atoms with Crippen LogP contribution in [-0.4, -0.2) is 36.6 Å². The highest BCUT2D eigenvalue weighted by Gasteiger charge is 2.19. The molecule has 1 heterocycles. The summed E-state index contributed by atoms with van der Waals surface area (Å²) < 4.78 is 5.70. The highest BCUT2D eigenvalue weighted by Crippen LogP contribution is 2.17. The van der Waals surface area contributed by atoms with E-state index in [1.165, 1.54) is 11.1 Å². The van der Waals surface area contributed by atoms with Crippen molar-refractivity contribution in [2.24, 2.45) is 0 Å². The Morgan fingerprint density at radius 1 is 1.28 bits per heavy atom. The average molecular weight is 268 g/mol. The monoisotopic (exact) mass is 267 g/mol. The van der Waals surface area contributed by atoms with Gasteiger partial charge in [-0.3, -0.25) is 4.90 Å². The second-order valence-electron chi connectivity index (χ2n) is 4.96. The fourth-order valence-electron chi connectivity index (χ4n) is 2.47. The maximum absolute atomic E-state index is 5.70. The van der Waals surface area contributed by atoms with Crippen LogP contribution in [0.4, 0.5) is 0 Å². The molecular weight excluding hydrogens is 246 g/mol. The number of likely N-dealkylation sites (tertiary alicyclic amines) is 1. The first-order chi connectivity index (χ1) is 8.79. The standard InChI is InChI=1S/C15H22ClNO/c1-13-4-2-3-5-14(13)12-17-9-6-15(7-10-17)18-11-8-16/h2-5,15H,6-12H2,1H3. The van der Waals surface area contributed by atoms with Crippen LogP contribution in [-0.2, 0) is 11.3 Å². The van der Waals surface area contributed by atoms with E-state index < -0.39 is 0 Å². The molecule has 0 saturated carbocycles. The third kappa shape index (κ3) is 3.98. The molecule has 0 aliphatic carbocycles. The van der Waals surface area contributed by atoms with Gasteiger partial charge in [-0.2, -0.15) is 0 Å². The van der Waals surface area contributed by atoms with Crippen LogP contribution in [0.3, 0.4) is 0 Å². The number of halogens is 1. The molecule has 0 amide bonds. The Morgan fingerprint density at radius 3 is 2.67 bits per heavy atom. The lowest BCUT2D eigenvalue weighted by molar-refractivity contribution is 0.0134. The Morgan fingerprint density at radius 2 is 2.00 bits per heavy atom. The van der Waals surface area contributed by atoms with E-state index in [2.05, 4.69) is 36.1 Å². The Hall–Kier alpha value is -0.570. The van der Waals surface area contributed by atoms with Crippen molar-refractivity contribution in [2.45, 2.75) is 32.4 Å². The Labute approximate surface area is 115 Å². The van der Waals surface area contributed by atoms with Crippen LogP contribution in [0.1, 0.15) is 24.0 Å². The normalized spacial score (nSPS) is 18.1. The third-order valence-electron chi connectivity index (χ3n) is 3.62. The van der Waals surface area contributed by atoms with Crippen molar-refractivity contribution in [3.63, 3.8) is 0 Å². The Balaban J connectivity index is 1.78. The summed E-state index contributed by atoms with van der Waals surface area (Å²) in [4.78, 5) is 2.52. The molecule has 0 N–H and O–H groups in total. The lowest BCUT2D eigenvalue weighted by Gasteiger charge is -2.32. The number of hydrogen-bond acceptors (Lipinski definition) is 2. The summed E-state index contributed by atoms with van der Waals surface area (Å²) >= 11 is 5.64. The molecule has 18 heavy (non-hydrogen) atoms. The second kappa shape index (κ2) is 7.13. The lowest BCUT2D eigenvalue weighted by Crippen LogP contribution is -2.36. The van der Waals surface area contributed by atoms with E-state index >= 15 is 0 Å². The highest BCUT2D eigenvalue weighted by atomic mass is 35.5. The smallest absolute Gasteiger partial charge is 0.0605 e. The molecule has 1 aromatic carbocycles. The average Bonchev–Trinajstić information content (AvgIpc) is 2.41. The Bertz CT molecular complexity index is 361. The number of benzene rings is 1. The van der Waals surface area contributed by atoms with Gasteiger partial charge in [0.1, 0.15) is 0 Å². The van der Waals surface area contributed by atoms with Gasteiger partial charge < -0.3 is 4.74 Å². The van der Waals surface area contributed by atoms with Gasteiger partial charge in [-0.1, -0.05) is 24.3 Å². The molecule has 1 aromatic rings. The first kappa shape index (κ1) is 13.9. The van der Waals surface area contributed by atoms with Crippen molar-refractivity contribution in [2.75, 3.05) is 25.6 Å². The number of piperidine rings is 1. The van der Waals surface area contributed by atoms with Gasteiger partial charge in [-0.15, -0.1) is 11.6 Å². The summed E-state index contributed by atoms with van der Waals surface area (Å²) in [6.45, 7) is 6.19. The van der Waals surface area contributed by atoms with Crippen LogP contribution in [0.2, 0.25) is 0 Å². The van der Waals surface area contributed by atoms with Crippen LogP contribution in [0.25, 0.3) is 0 Å². The summed E-state index contributed by atoms with van der Waals surface area (Å²) in [6, 6.07) is 8.64. The van der Waals surface area contributed by atoms with Gasteiger partial charge in [0, 0.05) is 25.5 Å². The zero-order chi connectivity index (χ0) is 12.8. The number of alkyl halides is 1. The van der Waals surface area contributed by atoms with E-state index in [1.807, 2.05) is 0 Å². The summed E-state index contributed by atoms with van der Waals surface area (Å²) in [5.74, 6) is 0.601. The molecule has 2 nitrogen and oxygen atoms in total. The van der Waals surface area contributed by atoms with Crippen LogP contribution in [0, 0.1) is 6.92 Å². The zero-order valence-corrected chi connectivity index (χ0v) is 11.8. The van der Waals surface area contributed by atoms with Gasteiger partial charge in [0.05, 0.1) is 12.7 Å². The highest BCUT2D eigenvalue weighted by molar-refractivity contribution is 6.17. The van der Waals surface area contributed by atoms with Crippen molar-refractivity contribution in [1.29, 1.82) is 0 Å². The maximum atomic E-state index is 5.70. The minimum absolute atomic E-state index is 0.414. The molecule has 3 heteroatoms. The summed E-state index contributed by atoms with van der Waals surface area (Å²) in [7, 11) is 0. The molecule has 1 aliphatic heterocycles. The molecule has 2 rings (SSSR count). The molecule has 0 spiro atoms. The molecule has 0 radical (unpaired) electrons. The van der Waals surface area contributed by atoms with Crippen LogP contribution < -0.4 is 0 Å². The lowest BCUT2D eigenvalue weighted by atomic mass is 10.0. The minimum atomic E-state index is 0.414. The predicted molar refractivity (Wildman–Crippen MR) is 76.2 cm³/mol. The first-order valence-corrected chi connectivity index (χ1v) is 7.27. The van der Waals surface area contributed by atoms with Gasteiger partial charge in [-0.05, 0) is 30.9 Å². The van der Waals surface area contributed by atoms with Crippen molar-refractivity contribution in [3.8, 4) is 0 Å². The number of nitrogens with zero attached hydrogens (tertiary/aromatic N) is 1. The molecule has 0 aromatic heterocycles. The molecule has 1 fully saturated rings. The summed E-state index contributed by atoms with van der Waals surface area (Å²) in [6.07, 6.45) is 2.67. The van der Waals surface area contributed by atoms with Crippen molar-refractivity contribution < 1.29 is 4.74 Å². The predicted octanol–water partition coefficient (Wildman–Crippen LogP) is 3.21. The van der Waals surface area contributed by atoms with Gasteiger partial charge in [0.2, 0.25) is 0 Å². The molecule has 1 saturated heterocycles. The SMILES string of the molecule is Cc1ccccc1CN1CCC(OCCCl)CC1. The van der Waals surface area contributed by atoms with Crippen LogP contribution >= 0.6 is 11.6 Å². The van der Waals surface area contributed by atoms with Gasteiger partial charge in [0.25, 0.3) is 0 Å². The number of hydrogen-bond donors (Lipinski definition) is 0. The molecular formula is C15H22ClNO. The Kier molecular flexibility index (Phi) is 5.48. The number of ether oxygens (including phenoxy) is 1. The molecule has 0 unspecified atom stereocenters. The van der Waals surface area contributed by atoms with Gasteiger partial charge >= 0.3 is 0 Å². The van der Waals surface area contributed by atoms with E-state index in [-0.39, 0.29) is 0 Å². The van der Waals surface area contributed by atoms with Gasteiger partial charge in [-0.25, -0.2) is 0 Å². The quantitative estimate of drug-likeness (QED) is 0.760.